The summed E-state index contributed by atoms with van der Waals surface area (Å²) < 4.78 is 47.3. The van der Waals surface area contributed by atoms with E-state index < -0.39 is 33.3 Å². The Bertz CT molecular complexity index is 778. The lowest BCUT2D eigenvalue weighted by Crippen LogP contribution is -2.34. The molecule has 26 heavy (non-hydrogen) atoms. The molecule has 1 aromatic carbocycles. The van der Waals surface area contributed by atoms with E-state index in [2.05, 4.69) is 10.1 Å². The minimum Gasteiger partial charge on any atom is -0.465 e. The van der Waals surface area contributed by atoms with Crippen LogP contribution in [0.4, 0.5) is 9.18 Å². The van der Waals surface area contributed by atoms with Gasteiger partial charge >= 0.3 is 12.1 Å². The highest BCUT2D eigenvalue weighted by molar-refractivity contribution is 7.91. The van der Waals surface area contributed by atoms with Crippen LogP contribution in [0.5, 0.6) is 0 Å². The summed E-state index contributed by atoms with van der Waals surface area (Å²) in [4.78, 5) is 22.9. The average molecular weight is 387 g/mol. The minimum absolute atomic E-state index is 0.0817. The van der Waals surface area contributed by atoms with E-state index in [0.717, 1.165) is 0 Å². The van der Waals surface area contributed by atoms with Crippen LogP contribution < -0.4 is 5.32 Å². The first-order chi connectivity index (χ1) is 12.0. The van der Waals surface area contributed by atoms with E-state index in [9.17, 15) is 22.4 Å². The van der Waals surface area contributed by atoms with Crippen molar-refractivity contribution in [1.82, 2.24) is 5.32 Å². The number of carbonyl (C=O) groups excluding carboxylic acids is 2. The van der Waals surface area contributed by atoms with Crippen LogP contribution >= 0.6 is 0 Å². The van der Waals surface area contributed by atoms with Crippen LogP contribution in [-0.2, 0) is 19.3 Å². The van der Waals surface area contributed by atoms with Crippen LogP contribution in [0.15, 0.2) is 41.1 Å². The summed E-state index contributed by atoms with van der Waals surface area (Å²) in [6.45, 7) is 4.69. The van der Waals surface area contributed by atoms with Crippen LogP contribution in [0.2, 0.25) is 0 Å². The molecule has 1 N–H and O–H groups in total. The van der Waals surface area contributed by atoms with Crippen LogP contribution in [0.25, 0.3) is 0 Å². The lowest BCUT2D eigenvalue weighted by molar-refractivity contribution is 0.0531. The molecule has 0 spiro atoms. The number of carbonyl (C=O) groups is 2. The van der Waals surface area contributed by atoms with Crippen molar-refractivity contribution in [2.24, 2.45) is 0 Å². The van der Waals surface area contributed by atoms with Gasteiger partial charge in [0, 0.05) is 6.54 Å². The monoisotopic (exact) mass is 387 g/mol. The lowest BCUT2D eigenvalue weighted by Gasteiger charge is -2.20. The molecule has 0 bridgehead atoms. The summed E-state index contributed by atoms with van der Waals surface area (Å²) in [7, 11) is -2.65. The molecule has 0 aliphatic rings. The van der Waals surface area contributed by atoms with Crippen molar-refractivity contribution >= 4 is 21.9 Å². The van der Waals surface area contributed by atoms with Gasteiger partial charge in [-0.05, 0) is 50.6 Å². The molecule has 0 heterocycles. The van der Waals surface area contributed by atoms with Crippen molar-refractivity contribution in [2.45, 2.75) is 31.3 Å². The Morgan fingerprint density at radius 1 is 1.19 bits per heavy atom. The smallest absolute Gasteiger partial charge is 0.407 e. The maximum absolute atomic E-state index is 13.0. The lowest BCUT2D eigenvalue weighted by atomic mass is 10.2. The first-order valence-corrected chi connectivity index (χ1v) is 9.30. The second kappa shape index (κ2) is 8.79. The summed E-state index contributed by atoms with van der Waals surface area (Å²) in [6.07, 6.45) is -0.644. The molecule has 0 aliphatic heterocycles. The SMILES string of the molecule is COC(=O)c1ccc(S(=O)(=O)C/C(=C/F)CNC(=O)OC(C)(C)C)cc1. The number of nitrogens with one attached hydrogen (secondary N) is 1. The van der Waals surface area contributed by atoms with E-state index >= 15 is 0 Å². The van der Waals surface area contributed by atoms with Crippen LogP contribution in [0, 0.1) is 0 Å². The number of amides is 1. The number of sulfone groups is 1. The molecule has 0 fully saturated rings. The van der Waals surface area contributed by atoms with E-state index in [4.69, 9.17) is 4.74 Å². The highest BCUT2D eigenvalue weighted by Gasteiger charge is 2.20. The Hall–Kier alpha value is -2.42. The Balaban J connectivity index is 2.77. The standard InChI is InChI=1S/C17H22FNO6S/c1-17(2,3)25-16(21)19-10-12(9-18)11-26(22,23)14-7-5-13(6-8-14)15(20)24-4/h5-9H,10-11H2,1-4H3,(H,19,21)/b12-9+. The molecule has 9 heteroatoms. The molecule has 1 rings (SSSR count). The molecule has 144 valence electrons. The molecule has 1 amide bonds. The van der Waals surface area contributed by atoms with E-state index in [1.54, 1.807) is 20.8 Å². The van der Waals surface area contributed by atoms with E-state index in [1.807, 2.05) is 0 Å². The van der Waals surface area contributed by atoms with Gasteiger partial charge in [-0.3, -0.25) is 0 Å². The Kier molecular flexibility index (Phi) is 7.31. The molecule has 0 atom stereocenters. The van der Waals surface area contributed by atoms with Crippen molar-refractivity contribution in [3.05, 3.63) is 41.7 Å². The summed E-state index contributed by atoms with van der Waals surface area (Å²) in [6, 6.07) is 5.07. The van der Waals surface area contributed by atoms with Crippen molar-refractivity contribution in [1.29, 1.82) is 0 Å². The van der Waals surface area contributed by atoms with E-state index in [1.165, 1.54) is 31.4 Å². The molecule has 7 nitrogen and oxygen atoms in total. The van der Waals surface area contributed by atoms with Crippen LogP contribution in [-0.4, -0.2) is 45.5 Å². The number of alkyl carbamates (subject to hydrolysis) is 1. The van der Waals surface area contributed by atoms with E-state index in [0.29, 0.717) is 0 Å². The topological polar surface area (TPSA) is 98.8 Å². The van der Waals surface area contributed by atoms with Gasteiger partial charge in [0.2, 0.25) is 0 Å². The molecular weight excluding hydrogens is 365 g/mol. The van der Waals surface area contributed by atoms with Gasteiger partial charge in [0.25, 0.3) is 0 Å². The summed E-state index contributed by atoms with van der Waals surface area (Å²) in [5.74, 6) is -1.23. The molecule has 0 radical (unpaired) electrons. The third kappa shape index (κ3) is 6.83. The maximum Gasteiger partial charge on any atom is 0.407 e. The number of halogens is 1. The number of ether oxygens (including phenoxy) is 2. The summed E-state index contributed by atoms with van der Waals surface area (Å²) in [5, 5.41) is 2.30. The fraction of sp³-hybridized carbons (Fsp3) is 0.412. The normalized spacial score (nSPS) is 12.4. The van der Waals surface area contributed by atoms with Gasteiger partial charge in [0.1, 0.15) is 5.60 Å². The second-order valence-corrected chi connectivity index (χ2v) is 8.39. The minimum atomic E-state index is -3.86. The number of esters is 1. The molecule has 0 aromatic heterocycles. The number of methoxy groups -OCH3 is 1. The zero-order chi connectivity index (χ0) is 20.0. The van der Waals surface area contributed by atoms with Crippen molar-refractivity contribution in [3.63, 3.8) is 0 Å². The number of hydrogen-bond acceptors (Lipinski definition) is 6. The molecule has 0 saturated carbocycles. The number of benzene rings is 1. The number of rotatable bonds is 6. The molecular formula is C17H22FNO6S. The maximum atomic E-state index is 13.0. The largest absolute Gasteiger partial charge is 0.465 e. The predicted molar refractivity (Wildman–Crippen MR) is 93.3 cm³/mol. The first kappa shape index (κ1) is 21.6. The quantitative estimate of drug-likeness (QED) is 0.754. The van der Waals surface area contributed by atoms with Gasteiger partial charge < -0.3 is 14.8 Å². The molecule has 1 aromatic rings. The van der Waals surface area contributed by atoms with Crippen molar-refractivity contribution < 1.29 is 31.9 Å². The zero-order valence-electron chi connectivity index (χ0n) is 15.0. The molecule has 0 unspecified atom stereocenters. The Morgan fingerprint density at radius 3 is 2.23 bits per heavy atom. The average Bonchev–Trinajstić information content (AvgIpc) is 2.56. The summed E-state index contributed by atoms with van der Waals surface area (Å²) >= 11 is 0. The second-order valence-electron chi connectivity index (χ2n) is 6.40. The zero-order valence-corrected chi connectivity index (χ0v) is 15.9. The van der Waals surface area contributed by atoms with Gasteiger partial charge in [0.05, 0.1) is 29.7 Å². The third-order valence-corrected chi connectivity index (χ3v) is 4.76. The van der Waals surface area contributed by atoms with Crippen molar-refractivity contribution in [3.8, 4) is 0 Å². The van der Waals surface area contributed by atoms with Crippen molar-refractivity contribution in [2.75, 3.05) is 19.4 Å². The van der Waals surface area contributed by atoms with Gasteiger partial charge in [-0.1, -0.05) is 0 Å². The Morgan fingerprint density at radius 2 is 1.77 bits per heavy atom. The van der Waals surface area contributed by atoms with Gasteiger partial charge in [0.15, 0.2) is 9.84 Å². The van der Waals surface area contributed by atoms with Gasteiger partial charge in [-0.15, -0.1) is 0 Å². The fourth-order valence-corrected chi connectivity index (χ4v) is 3.24. The first-order valence-electron chi connectivity index (χ1n) is 7.64. The highest BCUT2D eigenvalue weighted by Crippen LogP contribution is 2.16. The van der Waals surface area contributed by atoms with Gasteiger partial charge in [-0.2, -0.15) is 0 Å². The summed E-state index contributed by atoms with van der Waals surface area (Å²) in [5.41, 5.74) is -0.677. The highest BCUT2D eigenvalue weighted by atomic mass is 32.2. The van der Waals surface area contributed by atoms with Crippen LogP contribution in [0.1, 0.15) is 31.1 Å². The Labute approximate surface area is 152 Å². The molecule has 0 saturated heterocycles. The number of hydrogen-bond donors (Lipinski definition) is 1. The fourth-order valence-electron chi connectivity index (χ4n) is 1.86. The van der Waals surface area contributed by atoms with E-state index in [-0.39, 0.29) is 28.9 Å². The third-order valence-electron chi connectivity index (χ3n) is 3.02. The van der Waals surface area contributed by atoms with Gasteiger partial charge in [-0.25, -0.2) is 22.4 Å². The van der Waals surface area contributed by atoms with Crippen LogP contribution in [0.3, 0.4) is 0 Å². The predicted octanol–water partition coefficient (Wildman–Crippen LogP) is 2.63. The molecule has 0 aliphatic carbocycles.